The average Bonchev–Trinajstić information content (AvgIpc) is 2.47. The van der Waals surface area contributed by atoms with Crippen LogP contribution >= 0.6 is 12.6 Å². The monoisotopic (exact) mass is 179 g/mol. The third-order valence-corrected chi connectivity index (χ3v) is 2.24. The zero-order valence-electron chi connectivity index (χ0n) is 6.66. The van der Waals surface area contributed by atoms with E-state index < -0.39 is 0 Å². The molecule has 0 aliphatic carbocycles. The Hall–Kier alpha value is -1.09. The molecule has 0 bridgehead atoms. The number of methoxy groups -OCH3 is 1. The minimum absolute atomic E-state index is 0.859. The van der Waals surface area contributed by atoms with Crippen LogP contribution in [0.5, 0.6) is 5.75 Å². The van der Waals surface area contributed by atoms with E-state index in [1.807, 2.05) is 24.4 Å². The minimum atomic E-state index is 0.859. The Morgan fingerprint density at radius 2 is 2.25 bits per heavy atom. The highest BCUT2D eigenvalue weighted by Gasteiger charge is 2.00. The lowest BCUT2D eigenvalue weighted by Crippen LogP contribution is -1.80. The Bertz CT molecular complexity index is 408. The van der Waals surface area contributed by atoms with Crippen LogP contribution in [-0.4, -0.2) is 12.1 Å². The van der Waals surface area contributed by atoms with Crippen LogP contribution < -0.4 is 4.74 Å². The first-order valence-corrected chi connectivity index (χ1v) is 4.10. The molecule has 1 heterocycles. The van der Waals surface area contributed by atoms with Gasteiger partial charge in [0.25, 0.3) is 0 Å². The standard InChI is InChI=1S/C9H9NOS/c1-11-6-2-3-7-8(4-6)10-5-9(7)12/h2-5,10,12H,1H3. The summed E-state index contributed by atoms with van der Waals surface area (Å²) in [5, 5.41) is 1.12. The molecule has 2 nitrogen and oxygen atoms in total. The van der Waals surface area contributed by atoms with Gasteiger partial charge in [0.05, 0.1) is 12.6 Å². The topological polar surface area (TPSA) is 25.0 Å². The van der Waals surface area contributed by atoms with Gasteiger partial charge in [-0.15, -0.1) is 12.6 Å². The highest BCUT2D eigenvalue weighted by molar-refractivity contribution is 7.80. The molecule has 0 saturated heterocycles. The summed E-state index contributed by atoms with van der Waals surface area (Å²) in [5.74, 6) is 0.859. The predicted molar refractivity (Wildman–Crippen MR) is 52.1 cm³/mol. The molecule has 0 aliphatic heterocycles. The van der Waals surface area contributed by atoms with Crippen molar-refractivity contribution in [1.29, 1.82) is 0 Å². The van der Waals surface area contributed by atoms with Gasteiger partial charge in [-0.3, -0.25) is 0 Å². The van der Waals surface area contributed by atoms with Gasteiger partial charge in [-0.25, -0.2) is 0 Å². The van der Waals surface area contributed by atoms with E-state index in [4.69, 9.17) is 4.74 Å². The summed E-state index contributed by atoms with van der Waals surface area (Å²) in [6.45, 7) is 0. The van der Waals surface area contributed by atoms with Crippen LogP contribution in [0.15, 0.2) is 29.3 Å². The maximum Gasteiger partial charge on any atom is 0.120 e. The molecule has 2 aromatic rings. The molecule has 0 aliphatic rings. The number of aromatic nitrogens is 1. The molecular formula is C9H9NOS. The summed E-state index contributed by atoms with van der Waals surface area (Å²) in [5.41, 5.74) is 1.05. The van der Waals surface area contributed by atoms with Crippen LogP contribution in [0.3, 0.4) is 0 Å². The second-order valence-electron chi connectivity index (χ2n) is 2.59. The van der Waals surface area contributed by atoms with Crippen LogP contribution in [0.1, 0.15) is 0 Å². The maximum atomic E-state index is 5.09. The Morgan fingerprint density at radius 3 is 3.00 bits per heavy atom. The molecule has 1 N–H and O–H groups in total. The Kier molecular flexibility index (Phi) is 1.73. The van der Waals surface area contributed by atoms with Crippen molar-refractivity contribution in [2.75, 3.05) is 7.11 Å². The molecule has 0 saturated carbocycles. The summed E-state index contributed by atoms with van der Waals surface area (Å²) in [6.07, 6.45) is 1.87. The predicted octanol–water partition coefficient (Wildman–Crippen LogP) is 2.47. The fourth-order valence-corrected chi connectivity index (χ4v) is 1.48. The van der Waals surface area contributed by atoms with Crippen LogP contribution in [0, 0.1) is 0 Å². The maximum absolute atomic E-state index is 5.09. The number of ether oxygens (including phenoxy) is 1. The molecule has 1 aromatic heterocycles. The van der Waals surface area contributed by atoms with Crippen LogP contribution in [0.2, 0.25) is 0 Å². The molecule has 62 valence electrons. The lowest BCUT2D eigenvalue weighted by molar-refractivity contribution is 0.415. The number of benzene rings is 1. The first-order valence-electron chi connectivity index (χ1n) is 3.65. The number of fused-ring (bicyclic) bond motifs is 1. The Morgan fingerprint density at radius 1 is 1.42 bits per heavy atom. The van der Waals surface area contributed by atoms with Gasteiger partial charge in [0.2, 0.25) is 0 Å². The SMILES string of the molecule is COc1ccc2c(S)c[nH]c2c1. The van der Waals surface area contributed by atoms with Crippen molar-refractivity contribution in [3.05, 3.63) is 24.4 Å². The van der Waals surface area contributed by atoms with E-state index in [2.05, 4.69) is 17.6 Å². The minimum Gasteiger partial charge on any atom is -0.497 e. The molecule has 0 unspecified atom stereocenters. The van der Waals surface area contributed by atoms with Crippen LogP contribution in [0.4, 0.5) is 0 Å². The second-order valence-corrected chi connectivity index (χ2v) is 3.07. The quantitative estimate of drug-likeness (QED) is 0.646. The van der Waals surface area contributed by atoms with Crippen molar-refractivity contribution in [1.82, 2.24) is 4.98 Å². The average molecular weight is 179 g/mol. The van der Waals surface area contributed by atoms with Crippen molar-refractivity contribution in [3.63, 3.8) is 0 Å². The number of hydrogen-bond donors (Lipinski definition) is 2. The van der Waals surface area contributed by atoms with Gasteiger partial charge >= 0.3 is 0 Å². The van der Waals surface area contributed by atoms with E-state index in [1.165, 1.54) is 0 Å². The zero-order chi connectivity index (χ0) is 8.55. The first kappa shape index (κ1) is 7.55. The normalized spacial score (nSPS) is 10.5. The van der Waals surface area contributed by atoms with Gasteiger partial charge in [0.15, 0.2) is 0 Å². The number of hydrogen-bond acceptors (Lipinski definition) is 2. The van der Waals surface area contributed by atoms with Gasteiger partial charge in [-0.2, -0.15) is 0 Å². The smallest absolute Gasteiger partial charge is 0.120 e. The van der Waals surface area contributed by atoms with Gasteiger partial charge in [0.1, 0.15) is 5.75 Å². The molecule has 0 radical (unpaired) electrons. The van der Waals surface area contributed by atoms with E-state index in [1.54, 1.807) is 7.11 Å². The van der Waals surface area contributed by atoms with Gasteiger partial charge in [-0.1, -0.05) is 0 Å². The summed E-state index contributed by atoms with van der Waals surface area (Å²) in [7, 11) is 1.66. The summed E-state index contributed by atoms with van der Waals surface area (Å²) >= 11 is 4.29. The molecule has 12 heavy (non-hydrogen) atoms. The largest absolute Gasteiger partial charge is 0.497 e. The molecule has 0 atom stereocenters. The van der Waals surface area contributed by atoms with Crippen molar-refractivity contribution >= 4 is 23.5 Å². The van der Waals surface area contributed by atoms with Crippen molar-refractivity contribution < 1.29 is 4.74 Å². The molecule has 3 heteroatoms. The number of thiol groups is 1. The van der Waals surface area contributed by atoms with Crippen LogP contribution in [0.25, 0.3) is 10.9 Å². The lowest BCUT2D eigenvalue weighted by atomic mass is 10.2. The van der Waals surface area contributed by atoms with Gasteiger partial charge in [-0.05, 0) is 12.1 Å². The molecular weight excluding hydrogens is 170 g/mol. The molecule has 1 aromatic carbocycles. The Balaban J connectivity index is 2.69. The van der Waals surface area contributed by atoms with Gasteiger partial charge < -0.3 is 9.72 Å². The summed E-state index contributed by atoms with van der Waals surface area (Å²) in [6, 6.07) is 5.87. The van der Waals surface area contributed by atoms with Gasteiger partial charge in [0, 0.05) is 22.5 Å². The summed E-state index contributed by atoms with van der Waals surface area (Å²) < 4.78 is 5.09. The Labute approximate surface area is 76.0 Å². The van der Waals surface area contributed by atoms with E-state index >= 15 is 0 Å². The number of nitrogens with one attached hydrogen (secondary N) is 1. The number of aromatic amines is 1. The molecule has 2 rings (SSSR count). The van der Waals surface area contributed by atoms with Crippen molar-refractivity contribution in [2.24, 2.45) is 0 Å². The number of rotatable bonds is 1. The summed E-state index contributed by atoms with van der Waals surface area (Å²) in [4.78, 5) is 4.07. The van der Waals surface area contributed by atoms with E-state index in [-0.39, 0.29) is 0 Å². The van der Waals surface area contributed by atoms with E-state index in [9.17, 15) is 0 Å². The lowest BCUT2D eigenvalue weighted by Gasteiger charge is -1.98. The third-order valence-electron chi connectivity index (χ3n) is 1.87. The van der Waals surface area contributed by atoms with E-state index in [0.717, 1.165) is 21.5 Å². The third kappa shape index (κ3) is 1.06. The van der Waals surface area contributed by atoms with Crippen molar-refractivity contribution in [3.8, 4) is 5.75 Å². The highest BCUT2D eigenvalue weighted by atomic mass is 32.1. The number of H-pyrrole nitrogens is 1. The molecule has 0 spiro atoms. The first-order chi connectivity index (χ1) is 5.81. The molecule has 0 fully saturated rings. The molecule has 0 amide bonds. The fraction of sp³-hybridized carbons (Fsp3) is 0.111. The second kappa shape index (κ2) is 2.75. The van der Waals surface area contributed by atoms with Crippen LogP contribution in [-0.2, 0) is 0 Å². The van der Waals surface area contributed by atoms with E-state index in [0.29, 0.717) is 0 Å². The highest BCUT2D eigenvalue weighted by Crippen LogP contribution is 2.24. The van der Waals surface area contributed by atoms with Crippen molar-refractivity contribution in [2.45, 2.75) is 4.90 Å². The fourth-order valence-electron chi connectivity index (χ4n) is 1.22. The zero-order valence-corrected chi connectivity index (χ0v) is 7.56.